The maximum absolute atomic E-state index is 14.1. The zero-order valence-electron chi connectivity index (χ0n) is 13.3. The molecular weight excluding hydrogens is 326 g/mol. The molecule has 3 aromatic rings. The number of benzene rings is 2. The van der Waals surface area contributed by atoms with Crippen LogP contribution in [0.4, 0.5) is 8.78 Å². The Bertz CT molecular complexity index is 931. The second-order valence-electron chi connectivity index (χ2n) is 5.26. The van der Waals surface area contributed by atoms with Gasteiger partial charge < -0.3 is 4.74 Å². The number of aromatic nitrogens is 2. The van der Waals surface area contributed by atoms with Gasteiger partial charge in [-0.05, 0) is 54.6 Å². The molecule has 0 saturated heterocycles. The summed E-state index contributed by atoms with van der Waals surface area (Å²) >= 11 is 0. The van der Waals surface area contributed by atoms with Crippen LogP contribution in [0.25, 0.3) is 17.3 Å². The molecule has 0 bridgehead atoms. The van der Waals surface area contributed by atoms with Gasteiger partial charge in [0.1, 0.15) is 17.4 Å². The lowest BCUT2D eigenvalue weighted by Crippen LogP contribution is -1.93. The number of hydrogen-bond acceptors (Lipinski definition) is 3. The number of nitrogens with one attached hydrogen (secondary N) is 1. The zero-order chi connectivity index (χ0) is 17.8. The highest BCUT2D eigenvalue weighted by molar-refractivity contribution is 6.06. The number of rotatable bonds is 5. The largest absolute Gasteiger partial charge is 0.497 e. The molecule has 4 nitrogen and oxygen atoms in total. The highest BCUT2D eigenvalue weighted by atomic mass is 19.1. The minimum absolute atomic E-state index is 0.272. The number of ether oxygens (including phenoxy) is 1. The molecule has 0 saturated carbocycles. The molecule has 0 radical (unpaired) electrons. The second-order valence-corrected chi connectivity index (χ2v) is 5.26. The van der Waals surface area contributed by atoms with E-state index in [1.54, 1.807) is 18.2 Å². The van der Waals surface area contributed by atoms with Crippen LogP contribution in [0.1, 0.15) is 16.1 Å². The van der Waals surface area contributed by atoms with Crippen molar-refractivity contribution in [3.63, 3.8) is 0 Å². The fraction of sp³-hybridized carbons (Fsp3) is 0.0526. The number of allylic oxidation sites excluding steroid dienone is 1. The van der Waals surface area contributed by atoms with Crippen molar-refractivity contribution in [3.8, 4) is 17.0 Å². The Labute approximate surface area is 142 Å². The van der Waals surface area contributed by atoms with Crippen LogP contribution in [0.2, 0.25) is 0 Å². The number of methoxy groups -OCH3 is 1. The molecule has 0 fully saturated rings. The smallest absolute Gasteiger partial charge is 0.185 e. The molecule has 1 aromatic heterocycles. The van der Waals surface area contributed by atoms with E-state index in [2.05, 4.69) is 10.2 Å². The molecule has 0 aliphatic rings. The van der Waals surface area contributed by atoms with Crippen molar-refractivity contribution in [2.75, 3.05) is 7.11 Å². The lowest BCUT2D eigenvalue weighted by Gasteiger charge is -2.02. The number of H-pyrrole nitrogens is 1. The molecular formula is C19H14F2N2O2. The first-order valence-electron chi connectivity index (χ1n) is 7.44. The molecule has 1 N–H and O–H groups in total. The van der Waals surface area contributed by atoms with Crippen LogP contribution in [0.15, 0.2) is 54.6 Å². The number of carbonyl (C=O) groups is 1. The Balaban J connectivity index is 1.77. The molecule has 6 heteroatoms. The number of halogens is 2. The summed E-state index contributed by atoms with van der Waals surface area (Å²) in [6.07, 6.45) is 2.87. The normalized spacial score (nSPS) is 11.0. The van der Waals surface area contributed by atoms with Gasteiger partial charge in [0.25, 0.3) is 0 Å². The quantitative estimate of drug-likeness (QED) is 0.558. The molecule has 0 aliphatic carbocycles. The second kappa shape index (κ2) is 7.09. The van der Waals surface area contributed by atoms with Gasteiger partial charge in [-0.3, -0.25) is 9.89 Å². The van der Waals surface area contributed by atoms with Crippen molar-refractivity contribution in [1.82, 2.24) is 10.2 Å². The minimum atomic E-state index is -0.455. The van der Waals surface area contributed by atoms with E-state index in [0.717, 1.165) is 0 Å². The lowest BCUT2D eigenvalue weighted by atomic mass is 10.1. The number of hydrogen-bond donors (Lipinski definition) is 1. The minimum Gasteiger partial charge on any atom is -0.497 e. The van der Waals surface area contributed by atoms with Crippen LogP contribution in [0, 0.1) is 11.6 Å². The molecule has 0 spiro atoms. The Morgan fingerprint density at radius 2 is 1.88 bits per heavy atom. The van der Waals surface area contributed by atoms with Gasteiger partial charge in [0.2, 0.25) is 0 Å². The fourth-order valence-electron chi connectivity index (χ4n) is 2.27. The molecule has 0 atom stereocenters. The summed E-state index contributed by atoms with van der Waals surface area (Å²) in [5, 5.41) is 6.78. The van der Waals surface area contributed by atoms with Gasteiger partial charge in [-0.2, -0.15) is 5.10 Å². The van der Waals surface area contributed by atoms with Gasteiger partial charge in [0, 0.05) is 17.2 Å². The molecule has 25 heavy (non-hydrogen) atoms. The summed E-state index contributed by atoms with van der Waals surface area (Å²) in [7, 11) is 1.46. The van der Waals surface area contributed by atoms with Crippen molar-refractivity contribution in [3.05, 3.63) is 77.5 Å². The number of carbonyl (C=O) groups excluding carboxylic acids is 1. The molecule has 0 aliphatic heterocycles. The topological polar surface area (TPSA) is 55.0 Å². The molecule has 126 valence electrons. The van der Waals surface area contributed by atoms with Crippen molar-refractivity contribution >= 4 is 11.9 Å². The Morgan fingerprint density at radius 1 is 1.12 bits per heavy atom. The summed E-state index contributed by atoms with van der Waals surface area (Å²) in [5.41, 5.74) is 1.65. The Morgan fingerprint density at radius 3 is 2.56 bits per heavy atom. The van der Waals surface area contributed by atoms with Crippen molar-refractivity contribution in [1.29, 1.82) is 0 Å². The molecule has 2 aromatic carbocycles. The van der Waals surface area contributed by atoms with Crippen LogP contribution < -0.4 is 4.74 Å². The Hall–Kier alpha value is -3.28. The summed E-state index contributed by atoms with van der Waals surface area (Å²) in [6.45, 7) is 0. The average Bonchev–Trinajstić information content (AvgIpc) is 3.08. The number of aromatic amines is 1. The van der Waals surface area contributed by atoms with Gasteiger partial charge in [0.15, 0.2) is 5.78 Å². The molecule has 1 heterocycles. The first-order chi connectivity index (χ1) is 12.1. The van der Waals surface area contributed by atoms with Gasteiger partial charge in [-0.1, -0.05) is 0 Å². The van der Waals surface area contributed by atoms with Crippen LogP contribution in [0.5, 0.6) is 5.75 Å². The van der Waals surface area contributed by atoms with Gasteiger partial charge >= 0.3 is 0 Å². The summed E-state index contributed by atoms with van der Waals surface area (Å²) < 4.78 is 31.9. The van der Waals surface area contributed by atoms with Crippen LogP contribution in [0.3, 0.4) is 0 Å². The highest BCUT2D eigenvalue weighted by Gasteiger charge is 2.10. The van der Waals surface area contributed by atoms with Gasteiger partial charge in [-0.25, -0.2) is 8.78 Å². The fourth-order valence-corrected chi connectivity index (χ4v) is 2.27. The molecule has 3 rings (SSSR count). The third-order valence-corrected chi connectivity index (χ3v) is 3.59. The van der Waals surface area contributed by atoms with E-state index in [9.17, 15) is 13.6 Å². The number of ketones is 1. The third kappa shape index (κ3) is 3.80. The average molecular weight is 340 g/mol. The molecule has 0 amide bonds. The summed E-state index contributed by atoms with van der Waals surface area (Å²) in [5.74, 6) is -0.711. The van der Waals surface area contributed by atoms with E-state index in [0.29, 0.717) is 28.3 Å². The standard InChI is InChI=1S/C19H14F2N2O2/c1-25-15-7-8-16(17(21)11-15)18-10-14(22-23-18)6-9-19(24)12-2-4-13(20)5-3-12/h2-11H,1H3,(H,22,23)/b9-6+. The van der Waals surface area contributed by atoms with Gasteiger partial charge in [0.05, 0.1) is 18.5 Å². The van der Waals surface area contributed by atoms with Crippen LogP contribution in [-0.4, -0.2) is 23.1 Å². The summed E-state index contributed by atoms with van der Waals surface area (Å²) in [4.78, 5) is 12.0. The zero-order valence-corrected chi connectivity index (χ0v) is 13.3. The Kier molecular flexibility index (Phi) is 4.70. The van der Waals surface area contributed by atoms with Crippen LogP contribution in [-0.2, 0) is 0 Å². The van der Waals surface area contributed by atoms with E-state index in [1.807, 2.05) is 0 Å². The van der Waals surface area contributed by atoms with E-state index >= 15 is 0 Å². The SMILES string of the molecule is COc1ccc(-c2cc(/C=C/C(=O)c3ccc(F)cc3)[nH]n2)c(F)c1. The maximum atomic E-state index is 14.1. The van der Waals surface area contributed by atoms with E-state index < -0.39 is 11.6 Å². The van der Waals surface area contributed by atoms with E-state index in [4.69, 9.17) is 4.74 Å². The van der Waals surface area contributed by atoms with Crippen molar-refractivity contribution in [2.24, 2.45) is 0 Å². The predicted molar refractivity (Wildman–Crippen MR) is 90.3 cm³/mol. The van der Waals surface area contributed by atoms with E-state index in [1.165, 1.54) is 49.6 Å². The first-order valence-corrected chi connectivity index (χ1v) is 7.44. The maximum Gasteiger partial charge on any atom is 0.185 e. The third-order valence-electron chi connectivity index (χ3n) is 3.59. The summed E-state index contributed by atoms with van der Waals surface area (Å²) in [6, 6.07) is 11.4. The van der Waals surface area contributed by atoms with Gasteiger partial charge in [-0.15, -0.1) is 0 Å². The van der Waals surface area contributed by atoms with E-state index in [-0.39, 0.29) is 5.78 Å². The number of nitrogens with zero attached hydrogens (tertiary/aromatic N) is 1. The first kappa shape index (κ1) is 16.6. The predicted octanol–water partition coefficient (Wildman–Crippen LogP) is 4.26. The lowest BCUT2D eigenvalue weighted by molar-refractivity contribution is 0.104. The molecule has 0 unspecified atom stereocenters. The highest BCUT2D eigenvalue weighted by Crippen LogP contribution is 2.25. The van der Waals surface area contributed by atoms with Crippen molar-refractivity contribution in [2.45, 2.75) is 0 Å². The monoisotopic (exact) mass is 340 g/mol. The van der Waals surface area contributed by atoms with Crippen molar-refractivity contribution < 1.29 is 18.3 Å². The van der Waals surface area contributed by atoms with Crippen LogP contribution >= 0.6 is 0 Å².